The van der Waals surface area contributed by atoms with Gasteiger partial charge in [0.2, 0.25) is 0 Å². The zero-order chi connectivity index (χ0) is 10.7. The number of aryl methyl sites for hydroxylation is 1. The van der Waals surface area contributed by atoms with Gasteiger partial charge in [-0.1, -0.05) is 13.0 Å². The minimum atomic E-state index is 0.0902. The number of rotatable bonds is 3. The van der Waals surface area contributed by atoms with Crippen LogP contribution in [0.25, 0.3) is 0 Å². The fourth-order valence-corrected chi connectivity index (χ4v) is 1.71. The molecule has 1 atom stereocenters. The second kappa shape index (κ2) is 4.27. The molecular formula is C12H16O2. The third kappa shape index (κ3) is 1.95. The van der Waals surface area contributed by atoms with Crippen molar-refractivity contribution in [1.82, 2.24) is 0 Å². The number of hydrogen-bond acceptors (Lipinski definition) is 2. The van der Waals surface area contributed by atoms with Gasteiger partial charge in [0.25, 0.3) is 0 Å². The molecule has 0 fully saturated rings. The Morgan fingerprint density at radius 2 is 2.07 bits per heavy atom. The van der Waals surface area contributed by atoms with Crippen LogP contribution in [0.1, 0.15) is 36.0 Å². The summed E-state index contributed by atoms with van der Waals surface area (Å²) in [5.74, 6) is 0.384. The molecule has 0 heterocycles. The van der Waals surface area contributed by atoms with Crippen LogP contribution in [-0.2, 0) is 4.79 Å². The minimum Gasteiger partial charge on any atom is -0.508 e. The average Bonchev–Trinajstić information content (AvgIpc) is 2.13. The van der Waals surface area contributed by atoms with Crippen molar-refractivity contribution in [2.24, 2.45) is 0 Å². The van der Waals surface area contributed by atoms with E-state index in [1.807, 2.05) is 26.8 Å². The smallest absolute Gasteiger partial charge is 0.120 e. The van der Waals surface area contributed by atoms with Gasteiger partial charge in [0.05, 0.1) is 0 Å². The van der Waals surface area contributed by atoms with Crippen molar-refractivity contribution < 1.29 is 9.90 Å². The second-order valence-corrected chi connectivity index (χ2v) is 3.74. The fourth-order valence-electron chi connectivity index (χ4n) is 1.71. The van der Waals surface area contributed by atoms with Gasteiger partial charge in [0, 0.05) is 12.0 Å². The first-order chi connectivity index (χ1) is 6.57. The first-order valence-electron chi connectivity index (χ1n) is 4.80. The topological polar surface area (TPSA) is 37.3 Å². The molecule has 0 saturated heterocycles. The number of carbonyl (C=O) groups excluding carboxylic acids is 1. The van der Waals surface area contributed by atoms with Crippen LogP contribution in [0.5, 0.6) is 5.75 Å². The quantitative estimate of drug-likeness (QED) is 0.747. The van der Waals surface area contributed by atoms with Crippen LogP contribution >= 0.6 is 0 Å². The molecule has 1 rings (SSSR count). The van der Waals surface area contributed by atoms with Gasteiger partial charge in [-0.3, -0.25) is 0 Å². The predicted molar refractivity (Wildman–Crippen MR) is 56.7 cm³/mol. The number of benzene rings is 1. The lowest BCUT2D eigenvalue weighted by molar-refractivity contribution is -0.108. The van der Waals surface area contributed by atoms with Crippen molar-refractivity contribution >= 4 is 6.29 Å². The minimum absolute atomic E-state index is 0.0902. The standard InChI is InChI=1S/C12H16O2/c1-8-4-5-11(14)12(10(8)3)9(2)6-7-13/h4-5,7,9,14H,6H2,1-3H3. The molecule has 2 heteroatoms. The van der Waals surface area contributed by atoms with Crippen LogP contribution in [0.3, 0.4) is 0 Å². The summed E-state index contributed by atoms with van der Waals surface area (Å²) in [6.45, 7) is 5.94. The molecule has 2 nitrogen and oxygen atoms in total. The third-order valence-corrected chi connectivity index (χ3v) is 2.71. The lowest BCUT2D eigenvalue weighted by Crippen LogP contribution is -1.99. The fraction of sp³-hybridized carbons (Fsp3) is 0.417. The number of hydrogen-bond donors (Lipinski definition) is 1. The maximum absolute atomic E-state index is 10.4. The van der Waals surface area contributed by atoms with Gasteiger partial charge in [0.15, 0.2) is 0 Å². The molecular weight excluding hydrogens is 176 g/mol. The molecule has 0 aliphatic heterocycles. The summed E-state index contributed by atoms with van der Waals surface area (Å²) in [6.07, 6.45) is 1.35. The Kier molecular flexibility index (Phi) is 3.28. The van der Waals surface area contributed by atoms with Crippen molar-refractivity contribution in [2.75, 3.05) is 0 Å². The average molecular weight is 192 g/mol. The van der Waals surface area contributed by atoms with Gasteiger partial charge in [0.1, 0.15) is 12.0 Å². The Morgan fingerprint density at radius 1 is 1.43 bits per heavy atom. The summed E-state index contributed by atoms with van der Waals surface area (Å²) in [5, 5.41) is 9.70. The Morgan fingerprint density at radius 3 is 2.64 bits per heavy atom. The lowest BCUT2D eigenvalue weighted by atomic mass is 9.91. The van der Waals surface area contributed by atoms with E-state index in [9.17, 15) is 9.90 Å². The van der Waals surface area contributed by atoms with E-state index in [0.29, 0.717) is 12.2 Å². The molecule has 1 unspecified atom stereocenters. The van der Waals surface area contributed by atoms with Crippen molar-refractivity contribution in [3.05, 3.63) is 28.8 Å². The Hall–Kier alpha value is -1.31. The van der Waals surface area contributed by atoms with Gasteiger partial charge in [-0.25, -0.2) is 0 Å². The molecule has 0 bridgehead atoms. The molecule has 76 valence electrons. The second-order valence-electron chi connectivity index (χ2n) is 3.74. The van der Waals surface area contributed by atoms with Crippen LogP contribution in [0.4, 0.5) is 0 Å². The van der Waals surface area contributed by atoms with Crippen LogP contribution in [-0.4, -0.2) is 11.4 Å². The highest BCUT2D eigenvalue weighted by molar-refractivity contribution is 5.54. The maximum Gasteiger partial charge on any atom is 0.120 e. The largest absolute Gasteiger partial charge is 0.508 e. The number of aldehydes is 1. The van der Waals surface area contributed by atoms with E-state index < -0.39 is 0 Å². The summed E-state index contributed by atoms with van der Waals surface area (Å²) in [5.41, 5.74) is 3.13. The van der Waals surface area contributed by atoms with Crippen molar-refractivity contribution in [1.29, 1.82) is 0 Å². The molecule has 0 spiro atoms. The van der Waals surface area contributed by atoms with E-state index in [4.69, 9.17) is 0 Å². The Labute approximate surface area is 84.6 Å². The van der Waals surface area contributed by atoms with Gasteiger partial charge >= 0.3 is 0 Å². The highest BCUT2D eigenvalue weighted by Crippen LogP contribution is 2.31. The van der Waals surface area contributed by atoms with Crippen molar-refractivity contribution in [2.45, 2.75) is 33.1 Å². The van der Waals surface area contributed by atoms with Crippen LogP contribution < -0.4 is 0 Å². The van der Waals surface area contributed by atoms with Crippen LogP contribution in [0.15, 0.2) is 12.1 Å². The third-order valence-electron chi connectivity index (χ3n) is 2.71. The molecule has 0 radical (unpaired) electrons. The van der Waals surface area contributed by atoms with E-state index in [0.717, 1.165) is 23.0 Å². The summed E-state index contributed by atoms with van der Waals surface area (Å²) in [6, 6.07) is 3.58. The number of carbonyl (C=O) groups is 1. The van der Waals surface area contributed by atoms with E-state index in [2.05, 4.69) is 0 Å². The predicted octanol–water partition coefficient (Wildman–Crippen LogP) is 2.70. The van der Waals surface area contributed by atoms with E-state index in [1.54, 1.807) is 6.07 Å². The van der Waals surface area contributed by atoms with Crippen molar-refractivity contribution in [3.63, 3.8) is 0 Å². The van der Waals surface area contributed by atoms with Crippen LogP contribution in [0, 0.1) is 13.8 Å². The molecule has 0 saturated carbocycles. The first kappa shape index (κ1) is 10.8. The van der Waals surface area contributed by atoms with E-state index in [-0.39, 0.29) is 5.92 Å². The van der Waals surface area contributed by atoms with Crippen molar-refractivity contribution in [3.8, 4) is 5.75 Å². The van der Waals surface area contributed by atoms with Gasteiger partial charge in [-0.05, 0) is 37.0 Å². The summed E-state index contributed by atoms with van der Waals surface area (Å²) in [7, 11) is 0. The highest BCUT2D eigenvalue weighted by Gasteiger charge is 2.13. The van der Waals surface area contributed by atoms with Crippen LogP contribution in [0.2, 0.25) is 0 Å². The summed E-state index contributed by atoms with van der Waals surface area (Å²) >= 11 is 0. The Bertz CT molecular complexity index is 342. The van der Waals surface area contributed by atoms with Gasteiger partial charge in [-0.2, -0.15) is 0 Å². The zero-order valence-electron chi connectivity index (χ0n) is 8.87. The SMILES string of the molecule is Cc1ccc(O)c(C(C)CC=O)c1C. The van der Waals surface area contributed by atoms with Gasteiger partial charge in [-0.15, -0.1) is 0 Å². The summed E-state index contributed by atoms with van der Waals surface area (Å²) < 4.78 is 0. The van der Waals surface area contributed by atoms with E-state index >= 15 is 0 Å². The molecule has 0 aliphatic rings. The number of aromatic hydroxyl groups is 1. The maximum atomic E-state index is 10.4. The van der Waals surface area contributed by atoms with E-state index in [1.165, 1.54) is 0 Å². The number of phenolic OH excluding ortho intramolecular Hbond substituents is 1. The molecule has 1 aromatic rings. The molecule has 14 heavy (non-hydrogen) atoms. The summed E-state index contributed by atoms with van der Waals surface area (Å²) in [4.78, 5) is 10.4. The lowest BCUT2D eigenvalue weighted by Gasteiger charge is -2.15. The van der Waals surface area contributed by atoms with Gasteiger partial charge < -0.3 is 9.90 Å². The normalized spacial score (nSPS) is 12.5. The number of phenols is 1. The molecule has 0 amide bonds. The molecule has 1 aromatic carbocycles. The first-order valence-corrected chi connectivity index (χ1v) is 4.80. The zero-order valence-corrected chi connectivity index (χ0v) is 8.87. The molecule has 0 aliphatic carbocycles. The molecule has 0 aromatic heterocycles. The Balaban J connectivity index is 3.17. The monoisotopic (exact) mass is 192 g/mol. The highest BCUT2D eigenvalue weighted by atomic mass is 16.3. The molecule has 1 N–H and O–H groups in total.